The summed E-state index contributed by atoms with van der Waals surface area (Å²) in [5.74, 6) is 1.81. The van der Waals surface area contributed by atoms with Crippen LogP contribution in [0, 0.1) is 5.92 Å². The third-order valence-electron chi connectivity index (χ3n) is 7.07. The van der Waals surface area contributed by atoms with Crippen molar-refractivity contribution < 1.29 is 9.47 Å². The van der Waals surface area contributed by atoms with Crippen LogP contribution in [0.5, 0.6) is 11.6 Å². The lowest BCUT2D eigenvalue weighted by atomic mass is 9.70. The fraction of sp³-hybridized carbons (Fsp3) is 0.250. The maximum atomic E-state index is 6.25. The summed E-state index contributed by atoms with van der Waals surface area (Å²) in [7, 11) is 1.66. The van der Waals surface area contributed by atoms with Crippen LogP contribution < -0.4 is 9.47 Å². The summed E-state index contributed by atoms with van der Waals surface area (Å²) < 4.78 is 11.8. The average molecular weight is 477 g/mol. The number of hydrogen-bond acceptors (Lipinski definition) is 4. The van der Waals surface area contributed by atoms with Crippen LogP contribution in [-0.2, 0) is 12.0 Å². The van der Waals surface area contributed by atoms with Crippen LogP contribution in [0.25, 0.3) is 22.0 Å². The lowest BCUT2D eigenvalue weighted by Crippen LogP contribution is -2.25. The van der Waals surface area contributed by atoms with E-state index in [1.807, 2.05) is 30.6 Å². The van der Waals surface area contributed by atoms with Crippen LogP contribution in [0.2, 0.25) is 0 Å². The Balaban J connectivity index is 1.83. The number of allylic oxidation sites excluding steroid dienone is 1. The molecular weight excluding hydrogens is 444 g/mol. The van der Waals surface area contributed by atoms with Gasteiger partial charge in [-0.2, -0.15) is 0 Å². The van der Waals surface area contributed by atoms with Gasteiger partial charge in [0.05, 0.1) is 12.6 Å². The number of nitrogens with zero attached hydrogens (tertiary/aromatic N) is 2. The molecule has 0 saturated carbocycles. The first-order chi connectivity index (χ1) is 17.4. The smallest absolute Gasteiger partial charge is 0.214 e. The molecule has 1 aromatic heterocycles. The van der Waals surface area contributed by atoms with Crippen LogP contribution in [0.3, 0.4) is 0 Å². The summed E-state index contributed by atoms with van der Waals surface area (Å²) >= 11 is 0. The minimum atomic E-state index is -0.400. The zero-order chi connectivity index (χ0) is 25.3. The molecule has 0 spiro atoms. The fourth-order valence-electron chi connectivity index (χ4n) is 4.83. The second-order valence-electron chi connectivity index (χ2n) is 9.94. The van der Waals surface area contributed by atoms with Gasteiger partial charge in [-0.05, 0) is 77.4 Å². The molecule has 1 atom stereocenters. The number of aromatic nitrogens is 1. The average Bonchev–Trinajstić information content (AvgIpc) is 2.90. The Morgan fingerprint density at radius 1 is 1.03 bits per heavy atom. The highest BCUT2D eigenvalue weighted by atomic mass is 16.5. The molecule has 1 unspecified atom stereocenters. The monoisotopic (exact) mass is 476 g/mol. The minimum absolute atomic E-state index is 0.390. The normalized spacial score (nSPS) is 17.6. The Kier molecular flexibility index (Phi) is 6.36. The van der Waals surface area contributed by atoms with Gasteiger partial charge in [0.1, 0.15) is 12.4 Å². The number of pyridine rings is 1. The molecule has 4 heteroatoms. The van der Waals surface area contributed by atoms with Crippen molar-refractivity contribution in [3.63, 3.8) is 0 Å². The van der Waals surface area contributed by atoms with Gasteiger partial charge in [-0.15, -0.1) is 0 Å². The predicted molar refractivity (Wildman–Crippen MR) is 148 cm³/mol. The molecule has 36 heavy (non-hydrogen) atoms. The summed E-state index contributed by atoms with van der Waals surface area (Å²) in [4.78, 5) is 9.40. The zero-order valence-corrected chi connectivity index (χ0v) is 21.6. The zero-order valence-electron chi connectivity index (χ0n) is 21.6. The third-order valence-corrected chi connectivity index (χ3v) is 7.07. The van der Waals surface area contributed by atoms with Crippen LogP contribution in [0.15, 0.2) is 89.6 Å². The maximum absolute atomic E-state index is 6.25. The SMILES string of the molecule is COc1cc2c3cc(ccc3n1)C(C)(/C(C)=C/N=C\C(C)C)c1cccc(c1)COc1cccc-2c1. The van der Waals surface area contributed by atoms with Crippen molar-refractivity contribution in [2.45, 2.75) is 39.7 Å². The molecule has 0 N–H and O–H groups in total. The highest BCUT2D eigenvalue weighted by Gasteiger charge is 2.32. The summed E-state index contributed by atoms with van der Waals surface area (Å²) in [6.07, 6.45) is 3.99. The molecular formula is C32H32N2O2. The number of benzene rings is 3. The van der Waals surface area contributed by atoms with E-state index in [2.05, 4.69) is 87.3 Å². The number of fused-ring (bicyclic) bond motifs is 6. The number of hydrogen-bond donors (Lipinski definition) is 0. The van der Waals surface area contributed by atoms with Gasteiger partial charge in [0.15, 0.2) is 0 Å². The van der Waals surface area contributed by atoms with Gasteiger partial charge in [0, 0.05) is 29.3 Å². The van der Waals surface area contributed by atoms with E-state index in [1.165, 1.54) is 11.1 Å². The number of methoxy groups -OCH3 is 1. The van der Waals surface area contributed by atoms with E-state index in [0.717, 1.165) is 38.9 Å². The summed E-state index contributed by atoms with van der Waals surface area (Å²) in [6, 6.07) is 25.5. The molecule has 0 saturated heterocycles. The summed E-state index contributed by atoms with van der Waals surface area (Å²) in [5, 5.41) is 1.07. The van der Waals surface area contributed by atoms with Crippen molar-refractivity contribution in [1.82, 2.24) is 4.98 Å². The van der Waals surface area contributed by atoms with Crippen molar-refractivity contribution in [2.75, 3.05) is 7.11 Å². The van der Waals surface area contributed by atoms with E-state index < -0.39 is 5.41 Å². The van der Waals surface area contributed by atoms with Crippen LogP contribution in [0.4, 0.5) is 0 Å². The molecule has 6 bridgehead atoms. The summed E-state index contributed by atoms with van der Waals surface area (Å²) in [5.41, 5.74) is 7.30. The fourth-order valence-corrected chi connectivity index (χ4v) is 4.83. The summed E-state index contributed by atoms with van der Waals surface area (Å²) in [6.45, 7) is 9.21. The first-order valence-corrected chi connectivity index (χ1v) is 12.4. The third kappa shape index (κ3) is 4.39. The maximum Gasteiger partial charge on any atom is 0.214 e. The van der Waals surface area contributed by atoms with E-state index in [9.17, 15) is 0 Å². The van der Waals surface area contributed by atoms with Crippen molar-refractivity contribution in [2.24, 2.45) is 10.9 Å². The largest absolute Gasteiger partial charge is 0.489 e. The minimum Gasteiger partial charge on any atom is -0.489 e. The molecule has 182 valence electrons. The lowest BCUT2D eigenvalue weighted by Gasteiger charge is -2.33. The van der Waals surface area contributed by atoms with Gasteiger partial charge in [-0.25, -0.2) is 4.98 Å². The molecule has 0 aliphatic carbocycles. The molecule has 1 aliphatic heterocycles. The molecule has 1 aliphatic rings. The Hall–Kier alpha value is -3.92. The van der Waals surface area contributed by atoms with E-state index >= 15 is 0 Å². The number of aliphatic imine (C=N–C) groups is 1. The van der Waals surface area contributed by atoms with Crippen LogP contribution in [0.1, 0.15) is 44.4 Å². The van der Waals surface area contributed by atoms with E-state index in [-0.39, 0.29) is 0 Å². The molecule has 4 aromatic rings. The van der Waals surface area contributed by atoms with Gasteiger partial charge >= 0.3 is 0 Å². The van der Waals surface area contributed by atoms with Gasteiger partial charge < -0.3 is 9.47 Å². The number of ether oxygens (including phenoxy) is 2. The van der Waals surface area contributed by atoms with Crippen molar-refractivity contribution in [3.8, 4) is 22.8 Å². The quantitative estimate of drug-likeness (QED) is 0.283. The first-order valence-electron chi connectivity index (χ1n) is 12.4. The van der Waals surface area contributed by atoms with Crippen molar-refractivity contribution >= 4 is 17.1 Å². The van der Waals surface area contributed by atoms with Gasteiger partial charge in [-0.1, -0.05) is 56.3 Å². The van der Waals surface area contributed by atoms with Gasteiger partial charge in [0.25, 0.3) is 0 Å². The molecule has 4 nitrogen and oxygen atoms in total. The van der Waals surface area contributed by atoms with Gasteiger partial charge in [-0.3, -0.25) is 4.99 Å². The van der Waals surface area contributed by atoms with Crippen molar-refractivity contribution in [3.05, 3.63) is 101 Å². The van der Waals surface area contributed by atoms with Crippen LogP contribution >= 0.6 is 0 Å². The lowest BCUT2D eigenvalue weighted by molar-refractivity contribution is 0.306. The van der Waals surface area contributed by atoms with E-state index in [4.69, 9.17) is 14.5 Å². The Morgan fingerprint density at radius 3 is 2.64 bits per heavy atom. The number of rotatable bonds is 4. The first kappa shape index (κ1) is 23.8. The van der Waals surface area contributed by atoms with Crippen LogP contribution in [-0.4, -0.2) is 18.3 Å². The highest BCUT2D eigenvalue weighted by molar-refractivity contribution is 5.96. The molecule has 0 radical (unpaired) electrons. The topological polar surface area (TPSA) is 43.7 Å². The second-order valence-corrected chi connectivity index (χ2v) is 9.94. The van der Waals surface area contributed by atoms with E-state index in [0.29, 0.717) is 18.4 Å². The van der Waals surface area contributed by atoms with E-state index in [1.54, 1.807) is 7.11 Å². The molecule has 3 aromatic carbocycles. The Bertz CT molecular complexity index is 1490. The van der Waals surface area contributed by atoms with Gasteiger partial charge in [0.2, 0.25) is 5.88 Å². The molecule has 2 heterocycles. The van der Waals surface area contributed by atoms with Crippen molar-refractivity contribution in [1.29, 1.82) is 0 Å². The molecule has 0 fully saturated rings. The Labute approximate surface area is 213 Å². The standard InChI is InChI=1S/C32H32N2O2/c1-21(2)18-33-19-22(3)32(4)25-10-6-8-23(14-25)20-36-27-11-7-9-24(15-27)28-17-31(35-5)34-30-13-12-26(32)16-29(28)30/h6-19,21H,20H2,1-5H3/b22-19+,33-18-. The highest BCUT2D eigenvalue weighted by Crippen LogP contribution is 2.42. The Morgan fingerprint density at radius 2 is 1.83 bits per heavy atom. The molecule has 5 rings (SSSR count). The predicted octanol–water partition coefficient (Wildman–Crippen LogP) is 7.74. The molecule has 0 amide bonds. The second kappa shape index (κ2) is 9.62.